The lowest BCUT2D eigenvalue weighted by atomic mass is 10.1. The van der Waals surface area contributed by atoms with Crippen molar-refractivity contribution in [2.24, 2.45) is 11.5 Å². The first-order chi connectivity index (χ1) is 9.08. The number of imidazole rings is 1. The van der Waals surface area contributed by atoms with Crippen LogP contribution in [0.4, 0.5) is 5.95 Å². The number of hydrogen-bond donors (Lipinski definition) is 3. The van der Waals surface area contributed by atoms with Crippen molar-refractivity contribution in [2.45, 2.75) is 13.0 Å². The molecule has 0 saturated carbocycles. The number of aromatic nitrogens is 2. The molecule has 7 heteroatoms. The van der Waals surface area contributed by atoms with Crippen molar-refractivity contribution in [1.29, 1.82) is 0 Å². The minimum atomic E-state index is -0.532. The number of carbonyl (C=O) groups excluding carboxylic acids is 1. The highest BCUT2D eigenvalue weighted by molar-refractivity contribution is 5.98. The van der Waals surface area contributed by atoms with E-state index in [0.717, 1.165) is 11.9 Å². The molecule has 0 aliphatic heterocycles. The lowest BCUT2D eigenvalue weighted by Gasteiger charge is -2.09. The highest BCUT2D eigenvalue weighted by Gasteiger charge is 2.16. The summed E-state index contributed by atoms with van der Waals surface area (Å²) in [7, 11) is 1.52. The van der Waals surface area contributed by atoms with Crippen LogP contribution in [0.1, 0.15) is 16.8 Å². The molecule has 2 rings (SSSR count). The largest absolute Gasteiger partial charge is 0.494 e. The van der Waals surface area contributed by atoms with Gasteiger partial charge in [0, 0.05) is 12.1 Å². The van der Waals surface area contributed by atoms with Crippen LogP contribution in [0, 0.1) is 0 Å². The van der Waals surface area contributed by atoms with E-state index in [1.807, 2.05) is 4.57 Å². The highest BCUT2D eigenvalue weighted by Crippen LogP contribution is 2.29. The third-order valence-corrected chi connectivity index (χ3v) is 2.93. The average Bonchev–Trinajstić information content (AvgIpc) is 2.70. The normalized spacial score (nSPS) is 10.8. The molecular weight excluding hydrogens is 246 g/mol. The van der Waals surface area contributed by atoms with E-state index in [-0.39, 0.29) is 0 Å². The van der Waals surface area contributed by atoms with Gasteiger partial charge in [0.15, 0.2) is 0 Å². The Hall–Kier alpha value is -2.28. The van der Waals surface area contributed by atoms with Crippen LogP contribution in [0.15, 0.2) is 12.1 Å². The van der Waals surface area contributed by atoms with Crippen molar-refractivity contribution in [3.63, 3.8) is 0 Å². The number of aryl methyl sites for hydroxylation is 1. The molecular formula is C12H17N5O2. The Bertz CT molecular complexity index is 620. The fourth-order valence-corrected chi connectivity index (χ4v) is 2.02. The number of nitrogens with two attached hydrogens (primary N) is 3. The Balaban J connectivity index is 2.65. The summed E-state index contributed by atoms with van der Waals surface area (Å²) in [5, 5.41) is 0. The van der Waals surface area contributed by atoms with Crippen molar-refractivity contribution in [2.75, 3.05) is 19.4 Å². The number of hydrogen-bond acceptors (Lipinski definition) is 5. The van der Waals surface area contributed by atoms with Gasteiger partial charge in [-0.2, -0.15) is 0 Å². The standard InChI is InChI=1S/C12H17N5O2/c1-19-9-6-7(11(14)18)5-8-10(9)17(4-2-3-13)12(15)16-8/h5-6H,2-4,13H2,1H3,(H2,14,18)(H2,15,16). The first-order valence-electron chi connectivity index (χ1n) is 5.92. The van der Waals surface area contributed by atoms with Crippen LogP contribution in [-0.4, -0.2) is 29.1 Å². The van der Waals surface area contributed by atoms with Gasteiger partial charge in [0.25, 0.3) is 0 Å². The van der Waals surface area contributed by atoms with E-state index in [1.165, 1.54) is 7.11 Å². The molecule has 2 aromatic rings. The van der Waals surface area contributed by atoms with E-state index in [4.69, 9.17) is 21.9 Å². The van der Waals surface area contributed by atoms with Crippen LogP contribution in [-0.2, 0) is 6.54 Å². The van der Waals surface area contributed by atoms with Gasteiger partial charge in [-0.3, -0.25) is 4.79 Å². The summed E-state index contributed by atoms with van der Waals surface area (Å²) >= 11 is 0. The molecule has 1 aromatic carbocycles. The van der Waals surface area contributed by atoms with Crippen molar-refractivity contribution in [1.82, 2.24) is 9.55 Å². The molecule has 0 unspecified atom stereocenters. The van der Waals surface area contributed by atoms with E-state index in [1.54, 1.807) is 12.1 Å². The number of primary amides is 1. The number of rotatable bonds is 5. The molecule has 1 amide bonds. The van der Waals surface area contributed by atoms with Gasteiger partial charge in [-0.25, -0.2) is 4.98 Å². The summed E-state index contributed by atoms with van der Waals surface area (Å²) in [6, 6.07) is 3.19. The Morgan fingerprint density at radius 1 is 1.47 bits per heavy atom. The number of benzene rings is 1. The second-order valence-electron chi connectivity index (χ2n) is 4.17. The molecule has 0 saturated heterocycles. The minimum absolute atomic E-state index is 0.341. The molecule has 0 aliphatic carbocycles. The van der Waals surface area contributed by atoms with Crippen molar-refractivity contribution in [3.8, 4) is 5.75 Å². The first kappa shape index (κ1) is 13.2. The zero-order chi connectivity index (χ0) is 14.0. The number of nitrogens with zero attached hydrogens (tertiary/aromatic N) is 2. The molecule has 19 heavy (non-hydrogen) atoms. The smallest absolute Gasteiger partial charge is 0.248 e. The van der Waals surface area contributed by atoms with Crippen LogP contribution < -0.4 is 21.9 Å². The van der Waals surface area contributed by atoms with Crippen LogP contribution in [0.3, 0.4) is 0 Å². The summed E-state index contributed by atoms with van der Waals surface area (Å²) < 4.78 is 7.12. The zero-order valence-corrected chi connectivity index (χ0v) is 10.7. The van der Waals surface area contributed by atoms with Gasteiger partial charge in [0.1, 0.15) is 11.3 Å². The van der Waals surface area contributed by atoms with Crippen LogP contribution in [0.5, 0.6) is 5.75 Å². The van der Waals surface area contributed by atoms with E-state index >= 15 is 0 Å². The maximum Gasteiger partial charge on any atom is 0.248 e. The summed E-state index contributed by atoms with van der Waals surface area (Å²) in [6.07, 6.45) is 0.774. The number of nitrogen functional groups attached to an aromatic ring is 1. The average molecular weight is 263 g/mol. The number of fused-ring (bicyclic) bond motifs is 1. The third kappa shape index (κ3) is 2.32. The monoisotopic (exact) mass is 263 g/mol. The minimum Gasteiger partial charge on any atom is -0.494 e. The summed E-state index contributed by atoms with van der Waals surface area (Å²) in [5.41, 5.74) is 18.3. The number of amides is 1. The zero-order valence-electron chi connectivity index (χ0n) is 10.7. The second-order valence-corrected chi connectivity index (χ2v) is 4.17. The predicted octanol–water partition coefficient (Wildman–Crippen LogP) is 0.0748. The maximum atomic E-state index is 11.3. The van der Waals surface area contributed by atoms with Gasteiger partial charge >= 0.3 is 0 Å². The molecule has 0 bridgehead atoms. The third-order valence-electron chi connectivity index (χ3n) is 2.93. The van der Waals surface area contributed by atoms with Crippen LogP contribution in [0.2, 0.25) is 0 Å². The number of anilines is 1. The van der Waals surface area contributed by atoms with E-state index in [0.29, 0.717) is 35.9 Å². The molecule has 7 nitrogen and oxygen atoms in total. The van der Waals surface area contributed by atoms with Crippen LogP contribution >= 0.6 is 0 Å². The lowest BCUT2D eigenvalue weighted by molar-refractivity contribution is 0.1000. The molecule has 1 aromatic heterocycles. The van der Waals surface area contributed by atoms with Crippen molar-refractivity contribution in [3.05, 3.63) is 17.7 Å². The second kappa shape index (κ2) is 5.15. The van der Waals surface area contributed by atoms with E-state index < -0.39 is 5.91 Å². The number of methoxy groups -OCH3 is 1. The predicted molar refractivity (Wildman–Crippen MR) is 72.9 cm³/mol. The van der Waals surface area contributed by atoms with Gasteiger partial charge < -0.3 is 26.5 Å². The highest BCUT2D eigenvalue weighted by atomic mass is 16.5. The topological polar surface area (TPSA) is 122 Å². The quantitative estimate of drug-likeness (QED) is 0.704. The fourth-order valence-electron chi connectivity index (χ4n) is 2.02. The molecule has 102 valence electrons. The molecule has 0 atom stereocenters. The van der Waals surface area contributed by atoms with Crippen LogP contribution in [0.25, 0.3) is 11.0 Å². The fraction of sp³-hybridized carbons (Fsp3) is 0.333. The summed E-state index contributed by atoms with van der Waals surface area (Å²) in [6.45, 7) is 1.20. The van der Waals surface area contributed by atoms with Gasteiger partial charge in [-0.05, 0) is 25.1 Å². The molecule has 0 radical (unpaired) electrons. The van der Waals surface area contributed by atoms with Gasteiger partial charge in [0.2, 0.25) is 11.9 Å². The Morgan fingerprint density at radius 3 is 2.79 bits per heavy atom. The Morgan fingerprint density at radius 2 is 2.21 bits per heavy atom. The first-order valence-corrected chi connectivity index (χ1v) is 5.92. The molecule has 0 spiro atoms. The van der Waals surface area contributed by atoms with Gasteiger partial charge in [0.05, 0.1) is 12.6 Å². The Kier molecular flexibility index (Phi) is 3.57. The molecule has 0 fully saturated rings. The summed E-state index contributed by atoms with van der Waals surface area (Å²) in [5.74, 6) is 0.353. The summed E-state index contributed by atoms with van der Waals surface area (Å²) in [4.78, 5) is 15.5. The molecule has 0 aliphatic rings. The molecule has 1 heterocycles. The van der Waals surface area contributed by atoms with Crippen molar-refractivity contribution < 1.29 is 9.53 Å². The van der Waals surface area contributed by atoms with Gasteiger partial charge in [-0.15, -0.1) is 0 Å². The van der Waals surface area contributed by atoms with E-state index in [9.17, 15) is 4.79 Å². The number of ether oxygens (including phenoxy) is 1. The SMILES string of the molecule is COc1cc(C(N)=O)cc2nc(N)n(CCCN)c12. The number of carbonyl (C=O) groups is 1. The van der Waals surface area contributed by atoms with Crippen molar-refractivity contribution >= 4 is 22.9 Å². The van der Waals surface area contributed by atoms with Gasteiger partial charge in [-0.1, -0.05) is 0 Å². The Labute approximate surface area is 110 Å². The lowest BCUT2D eigenvalue weighted by Crippen LogP contribution is -2.11. The molecule has 6 N–H and O–H groups in total. The maximum absolute atomic E-state index is 11.3. The van der Waals surface area contributed by atoms with E-state index in [2.05, 4.69) is 4.98 Å².